The molecule has 1 aromatic heterocycles. The number of aryl methyl sites for hydroxylation is 1. The minimum Gasteiger partial charge on any atom is -0.497 e. The number of nitrogens with one attached hydrogen (secondary N) is 1. The van der Waals surface area contributed by atoms with Crippen molar-refractivity contribution >= 4 is 0 Å². The third-order valence-corrected chi connectivity index (χ3v) is 2.93. The Bertz CT molecular complexity index is 362. The van der Waals surface area contributed by atoms with E-state index in [2.05, 4.69) is 10.3 Å². The Kier molecular flexibility index (Phi) is 4.34. The highest BCUT2D eigenvalue weighted by molar-refractivity contribution is 5.26. The Morgan fingerprint density at radius 1 is 1.47 bits per heavy atom. The largest absolute Gasteiger partial charge is 0.497 e. The molecule has 1 fully saturated rings. The van der Waals surface area contributed by atoms with Crippen LogP contribution in [-0.2, 0) is 11.3 Å². The molecule has 2 heterocycles. The monoisotopic (exact) mass is 236 g/mol. The van der Waals surface area contributed by atoms with Gasteiger partial charge in [-0.1, -0.05) is 0 Å². The quantitative estimate of drug-likeness (QED) is 0.863. The van der Waals surface area contributed by atoms with Crippen LogP contribution in [0.25, 0.3) is 0 Å². The van der Waals surface area contributed by atoms with E-state index in [0.29, 0.717) is 12.7 Å². The number of pyridine rings is 1. The van der Waals surface area contributed by atoms with E-state index in [1.54, 1.807) is 7.11 Å². The number of methoxy groups -OCH3 is 1. The summed E-state index contributed by atoms with van der Waals surface area (Å²) in [6.45, 7) is 4.58. The number of ether oxygens (including phenoxy) is 2. The summed E-state index contributed by atoms with van der Waals surface area (Å²) in [6.07, 6.45) is 2.64. The average molecular weight is 236 g/mol. The minimum atomic E-state index is 0.317. The van der Waals surface area contributed by atoms with Crippen molar-refractivity contribution in [1.29, 1.82) is 0 Å². The van der Waals surface area contributed by atoms with Crippen LogP contribution >= 0.6 is 0 Å². The van der Waals surface area contributed by atoms with Crippen molar-refractivity contribution in [3.8, 4) is 5.75 Å². The molecule has 4 nitrogen and oxygen atoms in total. The highest BCUT2D eigenvalue weighted by Crippen LogP contribution is 2.15. The van der Waals surface area contributed by atoms with Gasteiger partial charge in [0.1, 0.15) is 5.75 Å². The Morgan fingerprint density at radius 3 is 3.06 bits per heavy atom. The van der Waals surface area contributed by atoms with E-state index in [0.717, 1.165) is 36.6 Å². The Hall–Kier alpha value is -1.13. The summed E-state index contributed by atoms with van der Waals surface area (Å²) in [5.41, 5.74) is 1.90. The lowest BCUT2D eigenvalue weighted by Crippen LogP contribution is -2.35. The highest BCUT2D eigenvalue weighted by atomic mass is 16.5. The molecule has 17 heavy (non-hydrogen) atoms. The molecule has 1 aromatic rings. The second-order valence-electron chi connectivity index (χ2n) is 4.42. The predicted octanol–water partition coefficient (Wildman–Crippen LogP) is 1.67. The SMILES string of the molecule is COc1cc(C)nc(CO[C@H]2CCCNC2)c1. The maximum Gasteiger partial charge on any atom is 0.122 e. The Balaban J connectivity index is 1.91. The first kappa shape index (κ1) is 12.3. The van der Waals surface area contributed by atoms with Crippen LogP contribution in [-0.4, -0.2) is 31.3 Å². The van der Waals surface area contributed by atoms with E-state index in [-0.39, 0.29) is 0 Å². The molecule has 1 aliphatic heterocycles. The van der Waals surface area contributed by atoms with Crippen LogP contribution in [0.1, 0.15) is 24.2 Å². The minimum absolute atomic E-state index is 0.317. The summed E-state index contributed by atoms with van der Waals surface area (Å²) in [7, 11) is 1.67. The van der Waals surface area contributed by atoms with Crippen LogP contribution in [0.2, 0.25) is 0 Å². The molecule has 2 rings (SSSR count). The second-order valence-corrected chi connectivity index (χ2v) is 4.42. The summed E-state index contributed by atoms with van der Waals surface area (Å²) < 4.78 is 11.1. The molecule has 0 saturated carbocycles. The fraction of sp³-hybridized carbons (Fsp3) is 0.615. The van der Waals surface area contributed by atoms with Crippen LogP contribution in [0.3, 0.4) is 0 Å². The summed E-state index contributed by atoms with van der Waals surface area (Å²) in [4.78, 5) is 4.44. The van der Waals surface area contributed by atoms with E-state index < -0.39 is 0 Å². The van der Waals surface area contributed by atoms with E-state index in [4.69, 9.17) is 9.47 Å². The molecule has 0 spiro atoms. The van der Waals surface area contributed by atoms with Gasteiger partial charge >= 0.3 is 0 Å². The molecule has 0 aliphatic carbocycles. The normalized spacial score (nSPS) is 20.2. The van der Waals surface area contributed by atoms with Gasteiger partial charge in [0.05, 0.1) is 25.5 Å². The molecular weight excluding hydrogens is 216 g/mol. The van der Waals surface area contributed by atoms with Crippen molar-refractivity contribution < 1.29 is 9.47 Å². The van der Waals surface area contributed by atoms with Crippen LogP contribution in [0, 0.1) is 6.92 Å². The lowest BCUT2D eigenvalue weighted by Gasteiger charge is -2.23. The lowest BCUT2D eigenvalue weighted by molar-refractivity contribution is 0.0235. The summed E-state index contributed by atoms with van der Waals surface area (Å²) in [6, 6.07) is 3.86. The van der Waals surface area contributed by atoms with Gasteiger partial charge in [-0.15, -0.1) is 0 Å². The van der Waals surface area contributed by atoms with Gasteiger partial charge in [-0.2, -0.15) is 0 Å². The molecule has 4 heteroatoms. The Labute approximate surface area is 102 Å². The first-order valence-corrected chi connectivity index (χ1v) is 6.12. The molecule has 1 atom stereocenters. The number of nitrogens with zero attached hydrogens (tertiary/aromatic N) is 1. The summed E-state index contributed by atoms with van der Waals surface area (Å²) in [5.74, 6) is 0.845. The fourth-order valence-corrected chi connectivity index (χ4v) is 2.06. The van der Waals surface area contributed by atoms with Crippen LogP contribution in [0.15, 0.2) is 12.1 Å². The first-order chi connectivity index (χ1) is 8.28. The van der Waals surface area contributed by atoms with Gasteiger partial charge in [0.15, 0.2) is 0 Å². The van der Waals surface area contributed by atoms with Gasteiger partial charge in [0.2, 0.25) is 0 Å². The number of hydrogen-bond donors (Lipinski definition) is 1. The predicted molar refractivity (Wildman–Crippen MR) is 66.2 cm³/mol. The molecule has 94 valence electrons. The zero-order valence-corrected chi connectivity index (χ0v) is 10.5. The zero-order chi connectivity index (χ0) is 12.1. The molecule has 0 aromatic carbocycles. The average Bonchev–Trinajstić information content (AvgIpc) is 2.37. The van der Waals surface area contributed by atoms with Crippen molar-refractivity contribution in [1.82, 2.24) is 10.3 Å². The molecular formula is C13H20N2O2. The molecule has 0 radical (unpaired) electrons. The van der Waals surface area contributed by atoms with Crippen molar-refractivity contribution in [3.63, 3.8) is 0 Å². The standard InChI is InChI=1S/C13H20N2O2/c1-10-6-13(16-2)7-11(15-10)9-17-12-4-3-5-14-8-12/h6-7,12,14H,3-5,8-9H2,1-2H3/t12-/m0/s1. The van der Waals surface area contributed by atoms with Crippen LogP contribution < -0.4 is 10.1 Å². The number of piperidine rings is 1. The van der Waals surface area contributed by atoms with Crippen molar-refractivity contribution in [2.45, 2.75) is 32.5 Å². The van der Waals surface area contributed by atoms with E-state index in [9.17, 15) is 0 Å². The second kappa shape index (κ2) is 5.98. The smallest absolute Gasteiger partial charge is 0.122 e. The van der Waals surface area contributed by atoms with Crippen LogP contribution in [0.5, 0.6) is 5.75 Å². The molecule has 1 N–H and O–H groups in total. The molecule has 1 saturated heterocycles. The zero-order valence-electron chi connectivity index (χ0n) is 10.5. The van der Waals surface area contributed by atoms with Gasteiger partial charge in [-0.05, 0) is 26.3 Å². The Morgan fingerprint density at radius 2 is 2.35 bits per heavy atom. The number of rotatable bonds is 4. The van der Waals surface area contributed by atoms with Crippen molar-refractivity contribution in [3.05, 3.63) is 23.5 Å². The van der Waals surface area contributed by atoms with Crippen LogP contribution in [0.4, 0.5) is 0 Å². The molecule has 0 unspecified atom stereocenters. The maximum absolute atomic E-state index is 5.84. The van der Waals surface area contributed by atoms with E-state index in [1.807, 2.05) is 19.1 Å². The molecule has 0 bridgehead atoms. The maximum atomic E-state index is 5.84. The first-order valence-electron chi connectivity index (χ1n) is 6.12. The summed E-state index contributed by atoms with van der Waals surface area (Å²) >= 11 is 0. The van der Waals surface area contributed by atoms with Crippen molar-refractivity contribution in [2.75, 3.05) is 20.2 Å². The fourth-order valence-electron chi connectivity index (χ4n) is 2.06. The number of hydrogen-bond acceptors (Lipinski definition) is 4. The van der Waals surface area contributed by atoms with Gasteiger partial charge in [0, 0.05) is 24.4 Å². The number of aromatic nitrogens is 1. The molecule has 0 amide bonds. The van der Waals surface area contributed by atoms with Gasteiger partial charge in [-0.25, -0.2) is 0 Å². The third-order valence-electron chi connectivity index (χ3n) is 2.93. The van der Waals surface area contributed by atoms with Gasteiger partial charge in [-0.3, -0.25) is 4.98 Å². The molecule has 1 aliphatic rings. The van der Waals surface area contributed by atoms with E-state index in [1.165, 1.54) is 6.42 Å². The van der Waals surface area contributed by atoms with E-state index >= 15 is 0 Å². The van der Waals surface area contributed by atoms with Gasteiger partial charge in [0.25, 0.3) is 0 Å². The third kappa shape index (κ3) is 3.68. The lowest BCUT2D eigenvalue weighted by atomic mass is 10.1. The topological polar surface area (TPSA) is 43.4 Å². The van der Waals surface area contributed by atoms with Gasteiger partial charge < -0.3 is 14.8 Å². The summed E-state index contributed by atoms with van der Waals surface area (Å²) in [5, 5.41) is 3.33. The van der Waals surface area contributed by atoms with Crippen molar-refractivity contribution in [2.24, 2.45) is 0 Å². The highest BCUT2D eigenvalue weighted by Gasteiger charge is 2.13.